The van der Waals surface area contributed by atoms with Crippen molar-refractivity contribution in [1.29, 1.82) is 0 Å². The number of rotatable bonds is 5. The Morgan fingerprint density at radius 2 is 1.89 bits per heavy atom. The Morgan fingerprint density at radius 1 is 1.28 bits per heavy atom. The van der Waals surface area contributed by atoms with Crippen LogP contribution in [-0.4, -0.2) is 26.3 Å². The first-order valence-corrected chi connectivity index (χ1v) is 7.34. The van der Waals surface area contributed by atoms with Gasteiger partial charge in [-0.1, -0.05) is 12.1 Å². The Morgan fingerprint density at radius 3 is 2.44 bits per heavy atom. The average Bonchev–Trinajstić information content (AvgIpc) is 2.17. The molecule has 0 amide bonds. The fourth-order valence-electron chi connectivity index (χ4n) is 1.39. The summed E-state index contributed by atoms with van der Waals surface area (Å²) in [6.45, 7) is 5.45. The van der Waals surface area contributed by atoms with E-state index in [1.807, 2.05) is 0 Å². The number of para-hydroxylation sites is 2. The topological polar surface area (TPSA) is 81.4 Å². The van der Waals surface area contributed by atoms with Gasteiger partial charge >= 0.3 is 0 Å². The van der Waals surface area contributed by atoms with E-state index in [1.165, 1.54) is 0 Å². The maximum atomic E-state index is 11.7. The van der Waals surface area contributed by atoms with E-state index in [1.54, 1.807) is 45.0 Å². The maximum absolute atomic E-state index is 11.7. The summed E-state index contributed by atoms with van der Waals surface area (Å²) in [7, 11) is -3.34. The number of hydrogen-bond acceptors (Lipinski definition) is 4. The second kappa shape index (κ2) is 5.58. The van der Waals surface area contributed by atoms with Gasteiger partial charge in [0, 0.05) is 5.54 Å². The van der Waals surface area contributed by atoms with Crippen LogP contribution in [0.3, 0.4) is 0 Å². The summed E-state index contributed by atoms with van der Waals surface area (Å²) in [5.74, 6) is 0.405. The van der Waals surface area contributed by atoms with Gasteiger partial charge in [-0.15, -0.1) is 0 Å². The molecule has 18 heavy (non-hydrogen) atoms. The molecular weight excluding hydrogens is 252 g/mol. The van der Waals surface area contributed by atoms with Crippen LogP contribution in [0.1, 0.15) is 20.8 Å². The molecule has 5 nitrogen and oxygen atoms in total. The van der Waals surface area contributed by atoms with E-state index in [0.29, 0.717) is 11.4 Å². The predicted molar refractivity (Wildman–Crippen MR) is 73.0 cm³/mol. The molecule has 0 bridgehead atoms. The van der Waals surface area contributed by atoms with Crippen LogP contribution < -0.4 is 15.2 Å². The Hall–Kier alpha value is -1.27. The van der Waals surface area contributed by atoms with Gasteiger partial charge in [0.2, 0.25) is 10.0 Å². The SMILES string of the molecule is CC(C)(C)NS(=O)(=O)CCOc1ccccc1N. The first kappa shape index (κ1) is 14.8. The number of nitrogens with two attached hydrogens (primary N) is 1. The highest BCUT2D eigenvalue weighted by Gasteiger charge is 2.19. The van der Waals surface area contributed by atoms with Crippen molar-refractivity contribution < 1.29 is 13.2 Å². The highest BCUT2D eigenvalue weighted by molar-refractivity contribution is 7.89. The van der Waals surface area contributed by atoms with Crippen LogP contribution in [0.5, 0.6) is 5.75 Å². The summed E-state index contributed by atoms with van der Waals surface area (Å²) in [6.07, 6.45) is 0. The number of ether oxygens (including phenoxy) is 1. The molecule has 0 aliphatic rings. The number of sulfonamides is 1. The molecule has 0 radical (unpaired) electrons. The van der Waals surface area contributed by atoms with E-state index in [-0.39, 0.29) is 12.4 Å². The van der Waals surface area contributed by atoms with Crippen LogP contribution in [0.15, 0.2) is 24.3 Å². The van der Waals surface area contributed by atoms with E-state index in [9.17, 15) is 8.42 Å². The van der Waals surface area contributed by atoms with E-state index in [0.717, 1.165) is 0 Å². The summed E-state index contributed by atoms with van der Waals surface area (Å²) in [5, 5.41) is 0. The van der Waals surface area contributed by atoms with Gasteiger partial charge in [-0.3, -0.25) is 0 Å². The molecule has 1 rings (SSSR count). The summed E-state index contributed by atoms with van der Waals surface area (Å²) >= 11 is 0. The lowest BCUT2D eigenvalue weighted by molar-refractivity contribution is 0.341. The van der Waals surface area contributed by atoms with E-state index < -0.39 is 15.6 Å². The lowest BCUT2D eigenvalue weighted by Crippen LogP contribution is -2.42. The van der Waals surface area contributed by atoms with Crippen LogP contribution >= 0.6 is 0 Å². The second-order valence-electron chi connectivity index (χ2n) is 5.06. The number of hydrogen-bond donors (Lipinski definition) is 2. The van der Waals surface area contributed by atoms with E-state index >= 15 is 0 Å². The molecule has 0 aliphatic carbocycles. The molecule has 0 unspecified atom stereocenters. The predicted octanol–water partition coefficient (Wildman–Crippen LogP) is 1.37. The number of anilines is 1. The van der Waals surface area contributed by atoms with Crippen molar-refractivity contribution in [3.8, 4) is 5.75 Å². The maximum Gasteiger partial charge on any atom is 0.215 e. The lowest BCUT2D eigenvalue weighted by atomic mass is 10.1. The van der Waals surface area contributed by atoms with Crippen molar-refractivity contribution in [1.82, 2.24) is 4.72 Å². The van der Waals surface area contributed by atoms with E-state index in [2.05, 4.69) is 4.72 Å². The van der Waals surface area contributed by atoms with Crippen LogP contribution in [0.4, 0.5) is 5.69 Å². The quantitative estimate of drug-likeness (QED) is 0.793. The summed E-state index contributed by atoms with van der Waals surface area (Å²) in [4.78, 5) is 0. The minimum absolute atomic E-state index is 0.0691. The Kier molecular flexibility index (Phi) is 4.59. The van der Waals surface area contributed by atoms with Crippen molar-refractivity contribution >= 4 is 15.7 Å². The van der Waals surface area contributed by atoms with Gasteiger partial charge in [0.15, 0.2) is 0 Å². The third kappa shape index (κ3) is 5.37. The normalized spacial score (nSPS) is 12.4. The first-order valence-electron chi connectivity index (χ1n) is 5.68. The number of nitrogens with one attached hydrogen (secondary N) is 1. The van der Waals surface area contributed by atoms with Crippen LogP contribution in [0, 0.1) is 0 Å². The van der Waals surface area contributed by atoms with Gasteiger partial charge in [-0.05, 0) is 32.9 Å². The fourth-order valence-corrected chi connectivity index (χ4v) is 2.73. The Bertz CT molecular complexity index is 492. The van der Waals surface area contributed by atoms with Crippen molar-refractivity contribution in [3.05, 3.63) is 24.3 Å². The monoisotopic (exact) mass is 272 g/mol. The smallest absolute Gasteiger partial charge is 0.215 e. The molecule has 0 atom stereocenters. The molecule has 0 aliphatic heterocycles. The molecule has 0 aromatic heterocycles. The molecule has 6 heteroatoms. The molecule has 0 spiro atoms. The highest BCUT2D eigenvalue weighted by atomic mass is 32.2. The van der Waals surface area contributed by atoms with Crippen molar-refractivity contribution in [2.75, 3.05) is 18.1 Å². The van der Waals surface area contributed by atoms with Crippen LogP contribution in [-0.2, 0) is 10.0 Å². The van der Waals surface area contributed by atoms with Gasteiger partial charge in [0.25, 0.3) is 0 Å². The molecule has 1 aromatic rings. The Labute approximate surface area is 108 Å². The first-order chi connectivity index (χ1) is 8.20. The summed E-state index contributed by atoms with van der Waals surface area (Å²) < 4.78 is 31.3. The molecule has 3 N–H and O–H groups in total. The fraction of sp³-hybridized carbons (Fsp3) is 0.500. The lowest BCUT2D eigenvalue weighted by Gasteiger charge is -2.20. The van der Waals surface area contributed by atoms with Crippen molar-refractivity contribution in [3.63, 3.8) is 0 Å². The molecule has 0 fully saturated rings. The second-order valence-corrected chi connectivity index (χ2v) is 6.90. The third-order valence-corrected chi connectivity index (χ3v) is 3.62. The summed E-state index contributed by atoms with van der Waals surface area (Å²) in [6, 6.07) is 6.99. The van der Waals surface area contributed by atoms with E-state index in [4.69, 9.17) is 10.5 Å². The van der Waals surface area contributed by atoms with Gasteiger partial charge in [0.05, 0.1) is 11.4 Å². The standard InChI is InChI=1S/C12H20N2O3S/c1-12(2,3)14-18(15,16)9-8-17-11-7-5-4-6-10(11)13/h4-7,14H,8-9,13H2,1-3H3. The molecular formula is C12H20N2O3S. The Balaban J connectivity index is 2.50. The molecule has 0 heterocycles. The minimum Gasteiger partial charge on any atom is -0.490 e. The molecule has 0 saturated heterocycles. The molecule has 102 valence electrons. The average molecular weight is 272 g/mol. The van der Waals surface area contributed by atoms with Gasteiger partial charge < -0.3 is 10.5 Å². The largest absolute Gasteiger partial charge is 0.490 e. The van der Waals surface area contributed by atoms with Crippen molar-refractivity contribution in [2.45, 2.75) is 26.3 Å². The molecule has 0 saturated carbocycles. The van der Waals surface area contributed by atoms with Gasteiger partial charge in [-0.25, -0.2) is 13.1 Å². The summed E-state index contributed by atoms with van der Waals surface area (Å²) in [5.41, 5.74) is 5.70. The zero-order valence-electron chi connectivity index (χ0n) is 10.9. The van der Waals surface area contributed by atoms with Crippen LogP contribution in [0.2, 0.25) is 0 Å². The number of benzene rings is 1. The third-order valence-electron chi connectivity index (χ3n) is 1.99. The highest BCUT2D eigenvalue weighted by Crippen LogP contribution is 2.19. The van der Waals surface area contributed by atoms with Gasteiger partial charge in [-0.2, -0.15) is 0 Å². The zero-order valence-corrected chi connectivity index (χ0v) is 11.8. The van der Waals surface area contributed by atoms with Gasteiger partial charge in [0.1, 0.15) is 12.4 Å². The van der Waals surface area contributed by atoms with Crippen LogP contribution in [0.25, 0.3) is 0 Å². The van der Waals surface area contributed by atoms with Crippen molar-refractivity contribution in [2.24, 2.45) is 0 Å². The molecule has 1 aromatic carbocycles. The minimum atomic E-state index is -3.34. The zero-order chi connectivity index (χ0) is 13.8. The number of nitrogen functional groups attached to an aromatic ring is 1.